The van der Waals surface area contributed by atoms with Crippen LogP contribution >= 0.6 is 0 Å². The Hall–Kier alpha value is -2.60. The number of aromatic nitrogens is 1. The van der Waals surface area contributed by atoms with Gasteiger partial charge in [-0.25, -0.2) is 0 Å². The molecule has 2 aromatic rings. The monoisotopic (exact) mass is 342 g/mol. The second-order valence-electron chi connectivity index (χ2n) is 6.37. The predicted molar refractivity (Wildman–Crippen MR) is 95.3 cm³/mol. The van der Waals surface area contributed by atoms with Gasteiger partial charge in [-0.15, -0.1) is 0 Å². The highest BCUT2D eigenvalue weighted by Gasteiger charge is 2.21. The number of nitrogens with zero attached hydrogens (tertiary/aromatic N) is 2. The number of carbonyl (C=O) groups excluding carboxylic acids is 1. The third kappa shape index (κ3) is 4.70. The van der Waals surface area contributed by atoms with E-state index < -0.39 is 0 Å². The molecule has 1 aromatic heterocycles. The van der Waals surface area contributed by atoms with E-state index in [-0.39, 0.29) is 12.5 Å². The smallest absolute Gasteiger partial charge is 0.260 e. The lowest BCUT2D eigenvalue weighted by Crippen LogP contribution is -3.12. The minimum Gasteiger partial charge on any atom is -0.483 e. The zero-order valence-corrected chi connectivity index (χ0v) is 14.7. The van der Waals surface area contributed by atoms with Gasteiger partial charge < -0.3 is 19.1 Å². The summed E-state index contributed by atoms with van der Waals surface area (Å²) in [6.45, 7) is 5.50. The van der Waals surface area contributed by atoms with Gasteiger partial charge in [0.2, 0.25) is 0 Å². The average Bonchev–Trinajstić information content (AvgIpc) is 3.04. The van der Waals surface area contributed by atoms with Crippen LogP contribution in [-0.2, 0) is 4.79 Å². The Kier molecular flexibility index (Phi) is 5.50. The maximum atomic E-state index is 12.3. The number of ether oxygens (including phenoxy) is 1. The highest BCUT2D eigenvalue weighted by molar-refractivity contribution is 5.78. The van der Waals surface area contributed by atoms with Crippen LogP contribution in [0, 0.1) is 6.92 Å². The number of likely N-dealkylation sites (N-methyl/N-ethyl adjacent to an activating group) is 1. The number of aryl methyl sites for hydroxylation is 1. The number of benzene rings is 1. The van der Waals surface area contributed by atoms with Gasteiger partial charge >= 0.3 is 0 Å². The van der Waals surface area contributed by atoms with Crippen LogP contribution in [0.5, 0.6) is 5.75 Å². The maximum absolute atomic E-state index is 12.3. The largest absolute Gasteiger partial charge is 0.483 e. The van der Waals surface area contributed by atoms with E-state index >= 15 is 0 Å². The van der Waals surface area contributed by atoms with E-state index in [0.29, 0.717) is 11.5 Å². The van der Waals surface area contributed by atoms with Crippen molar-refractivity contribution in [1.82, 2.24) is 10.1 Å². The van der Waals surface area contributed by atoms with E-state index in [1.165, 1.54) is 4.90 Å². The summed E-state index contributed by atoms with van der Waals surface area (Å²) in [6.07, 6.45) is 3.74. The molecule has 0 atom stereocenters. The highest BCUT2D eigenvalue weighted by atomic mass is 16.5. The van der Waals surface area contributed by atoms with Crippen molar-refractivity contribution in [1.29, 1.82) is 0 Å². The van der Waals surface area contributed by atoms with Crippen LogP contribution in [0.2, 0.25) is 0 Å². The van der Waals surface area contributed by atoms with Crippen LogP contribution in [-0.4, -0.2) is 55.8 Å². The first-order chi connectivity index (χ1) is 12.1. The number of piperazine rings is 1. The first kappa shape index (κ1) is 17.2. The Morgan fingerprint density at radius 3 is 2.80 bits per heavy atom. The Morgan fingerprint density at radius 2 is 2.08 bits per heavy atom. The molecule has 1 aliphatic rings. The van der Waals surface area contributed by atoms with Crippen molar-refractivity contribution in [3.8, 4) is 5.75 Å². The third-order valence-electron chi connectivity index (χ3n) is 4.31. The first-order valence-electron chi connectivity index (χ1n) is 8.54. The van der Waals surface area contributed by atoms with Crippen LogP contribution < -0.4 is 9.64 Å². The van der Waals surface area contributed by atoms with Crippen LogP contribution in [0.4, 0.5) is 0 Å². The number of nitrogens with one attached hydrogen (secondary N) is 1. The molecule has 2 heterocycles. The van der Waals surface area contributed by atoms with E-state index in [1.54, 1.807) is 0 Å². The van der Waals surface area contributed by atoms with Crippen LogP contribution in [0.15, 0.2) is 34.9 Å². The van der Waals surface area contributed by atoms with Crippen LogP contribution in [0.3, 0.4) is 0 Å². The molecule has 1 saturated heterocycles. The number of hydrogen-bond acceptors (Lipinski definition) is 4. The number of amides is 1. The van der Waals surface area contributed by atoms with Gasteiger partial charge in [0.1, 0.15) is 5.75 Å². The Morgan fingerprint density at radius 1 is 1.32 bits per heavy atom. The Balaban J connectivity index is 1.61. The molecule has 3 rings (SSSR count). The topological polar surface area (TPSA) is 60.0 Å². The molecule has 0 aliphatic carbocycles. The molecule has 6 heteroatoms. The average molecular weight is 342 g/mol. The van der Waals surface area contributed by atoms with E-state index in [1.807, 2.05) is 54.3 Å². The number of quaternary nitrogens is 1. The van der Waals surface area contributed by atoms with Crippen molar-refractivity contribution in [3.05, 3.63) is 47.3 Å². The molecular weight excluding hydrogens is 318 g/mol. The van der Waals surface area contributed by atoms with E-state index in [2.05, 4.69) is 12.2 Å². The molecule has 6 nitrogen and oxygen atoms in total. The fraction of sp³-hybridized carbons (Fsp3) is 0.368. The molecule has 0 spiro atoms. The summed E-state index contributed by atoms with van der Waals surface area (Å²) in [7, 11) is 2.15. The summed E-state index contributed by atoms with van der Waals surface area (Å²) in [4.78, 5) is 15.7. The third-order valence-corrected chi connectivity index (χ3v) is 4.31. The number of hydrogen-bond donors (Lipinski definition) is 1. The molecule has 1 aromatic carbocycles. The summed E-state index contributed by atoms with van der Waals surface area (Å²) in [5, 5.41) is 3.86. The Bertz CT molecular complexity index is 746. The van der Waals surface area contributed by atoms with Gasteiger partial charge in [0.05, 0.1) is 38.9 Å². The van der Waals surface area contributed by atoms with Gasteiger partial charge in [0, 0.05) is 11.6 Å². The number of para-hydroxylation sites is 1. The van der Waals surface area contributed by atoms with Gasteiger partial charge in [-0.1, -0.05) is 23.4 Å². The van der Waals surface area contributed by atoms with Crippen molar-refractivity contribution in [2.45, 2.75) is 6.92 Å². The standard InChI is InChI=1S/C19H23N3O3/c1-15-13-17(25-20-15)8-7-16-5-3-4-6-18(16)24-14-19(23)22-11-9-21(2)10-12-22/h3-8,13H,9-12,14H2,1-2H3/p+1/b8-7-. The van der Waals surface area contributed by atoms with E-state index in [0.717, 1.165) is 37.4 Å². The summed E-state index contributed by atoms with van der Waals surface area (Å²) < 4.78 is 10.9. The molecule has 0 saturated carbocycles. The molecule has 1 aliphatic heterocycles. The second kappa shape index (κ2) is 7.98. The van der Waals surface area contributed by atoms with Gasteiger partial charge in [0.25, 0.3) is 5.91 Å². The van der Waals surface area contributed by atoms with Crippen molar-refractivity contribution in [3.63, 3.8) is 0 Å². The lowest BCUT2D eigenvalue weighted by molar-refractivity contribution is -0.883. The van der Waals surface area contributed by atoms with Crippen molar-refractivity contribution in [2.24, 2.45) is 0 Å². The molecule has 1 amide bonds. The van der Waals surface area contributed by atoms with Crippen molar-refractivity contribution >= 4 is 18.1 Å². The molecule has 25 heavy (non-hydrogen) atoms. The lowest BCUT2D eigenvalue weighted by atomic mass is 10.2. The number of rotatable bonds is 5. The summed E-state index contributed by atoms with van der Waals surface area (Å²) in [6, 6.07) is 9.50. The molecule has 1 fully saturated rings. The minimum atomic E-state index is 0.0390. The van der Waals surface area contributed by atoms with Gasteiger partial charge in [-0.05, 0) is 25.1 Å². The van der Waals surface area contributed by atoms with Crippen LogP contribution in [0.1, 0.15) is 17.0 Å². The lowest BCUT2D eigenvalue weighted by Gasteiger charge is -2.30. The predicted octanol–water partition coefficient (Wildman–Crippen LogP) is 0.889. The van der Waals surface area contributed by atoms with Crippen LogP contribution in [0.25, 0.3) is 12.2 Å². The second-order valence-corrected chi connectivity index (χ2v) is 6.37. The van der Waals surface area contributed by atoms with E-state index in [4.69, 9.17) is 9.26 Å². The first-order valence-corrected chi connectivity index (χ1v) is 8.54. The normalized spacial score (nSPS) is 15.7. The van der Waals surface area contributed by atoms with Crippen molar-refractivity contribution < 1.29 is 19.0 Å². The minimum absolute atomic E-state index is 0.0390. The Labute approximate surface area is 147 Å². The van der Waals surface area contributed by atoms with Gasteiger partial charge in [0.15, 0.2) is 12.4 Å². The molecular formula is C19H24N3O3+. The van der Waals surface area contributed by atoms with Gasteiger partial charge in [-0.3, -0.25) is 4.79 Å². The molecule has 1 N–H and O–H groups in total. The summed E-state index contributed by atoms with van der Waals surface area (Å²) in [5.74, 6) is 1.41. The summed E-state index contributed by atoms with van der Waals surface area (Å²) >= 11 is 0. The van der Waals surface area contributed by atoms with Crippen molar-refractivity contribution in [2.75, 3.05) is 39.8 Å². The zero-order chi connectivity index (χ0) is 17.6. The molecule has 0 bridgehead atoms. The zero-order valence-electron chi connectivity index (χ0n) is 14.7. The fourth-order valence-corrected chi connectivity index (χ4v) is 2.75. The quantitative estimate of drug-likeness (QED) is 0.877. The fourth-order valence-electron chi connectivity index (χ4n) is 2.75. The number of carbonyl (C=O) groups is 1. The molecule has 132 valence electrons. The summed E-state index contributed by atoms with van der Waals surface area (Å²) in [5.41, 5.74) is 1.73. The highest BCUT2D eigenvalue weighted by Crippen LogP contribution is 2.21. The van der Waals surface area contributed by atoms with E-state index in [9.17, 15) is 4.79 Å². The maximum Gasteiger partial charge on any atom is 0.260 e. The molecule has 0 radical (unpaired) electrons. The SMILES string of the molecule is Cc1cc(/C=C\c2ccccc2OCC(=O)N2CC[NH+](C)CC2)on1. The van der Waals surface area contributed by atoms with Gasteiger partial charge in [-0.2, -0.15) is 0 Å². The molecule has 0 unspecified atom stereocenters.